The second-order valence-corrected chi connectivity index (χ2v) is 10.2. The molecule has 2 aliphatic rings. The summed E-state index contributed by atoms with van der Waals surface area (Å²) in [4.78, 5) is 10.9. The lowest BCUT2D eigenvalue weighted by Crippen LogP contribution is -2.43. The van der Waals surface area contributed by atoms with Crippen LogP contribution in [0, 0.1) is 5.92 Å². The zero-order chi connectivity index (χ0) is 22.2. The van der Waals surface area contributed by atoms with E-state index in [9.17, 15) is 8.42 Å². The van der Waals surface area contributed by atoms with Crippen LogP contribution in [-0.4, -0.2) is 60.3 Å². The fourth-order valence-corrected chi connectivity index (χ4v) is 4.62. The van der Waals surface area contributed by atoms with Gasteiger partial charge in [0.15, 0.2) is 0 Å². The fourth-order valence-electron chi connectivity index (χ4n) is 4.19. The van der Waals surface area contributed by atoms with Gasteiger partial charge in [0.25, 0.3) is 0 Å². The van der Waals surface area contributed by atoms with Gasteiger partial charge in [-0.1, -0.05) is 0 Å². The number of halogens is 1. The molecular weight excluding hydrogens is 421 g/mol. The molecule has 0 radical (unpaired) electrons. The van der Waals surface area contributed by atoms with Crippen molar-refractivity contribution in [3.05, 3.63) is 35.9 Å². The average molecular weight is 450 g/mol. The Balaban J connectivity index is 1.59. The largest absolute Gasteiger partial charge is 0.404 e. The summed E-state index contributed by atoms with van der Waals surface area (Å²) in [5.74, 6) is 0.264. The van der Waals surface area contributed by atoms with E-state index in [4.69, 9.17) is 11.5 Å². The fraction of sp³-hybridized carbons (Fsp3) is 0.500. The third-order valence-electron chi connectivity index (χ3n) is 6.03. The van der Waals surface area contributed by atoms with Gasteiger partial charge in [0.05, 0.1) is 11.6 Å². The lowest BCUT2D eigenvalue weighted by atomic mass is 9.79. The minimum atomic E-state index is -3.43. The number of rotatable bonds is 8. The summed E-state index contributed by atoms with van der Waals surface area (Å²) in [6.45, 7) is 3.37. The predicted octanol–water partition coefficient (Wildman–Crippen LogP) is 1.37. The van der Waals surface area contributed by atoms with E-state index in [0.717, 1.165) is 25.6 Å². The van der Waals surface area contributed by atoms with Gasteiger partial charge in [0, 0.05) is 30.9 Å². The van der Waals surface area contributed by atoms with Crippen molar-refractivity contribution in [2.24, 2.45) is 11.7 Å². The molecule has 0 atom stereocenters. The van der Waals surface area contributed by atoms with Gasteiger partial charge in [-0.25, -0.2) is 27.5 Å². The normalized spacial score (nSPS) is 23.0. The highest BCUT2D eigenvalue weighted by molar-refractivity contribution is 7.88. The number of nitrogen functional groups attached to an aromatic ring is 1. The quantitative estimate of drug-likeness (QED) is 0.519. The lowest BCUT2D eigenvalue weighted by Gasteiger charge is -2.42. The molecule has 1 saturated heterocycles. The molecule has 1 aliphatic carbocycles. The van der Waals surface area contributed by atoms with Crippen LogP contribution in [0.5, 0.6) is 0 Å². The topological polar surface area (TPSA) is 132 Å². The Morgan fingerprint density at radius 1 is 1.35 bits per heavy atom. The van der Waals surface area contributed by atoms with E-state index in [-0.39, 0.29) is 29.5 Å². The summed E-state index contributed by atoms with van der Waals surface area (Å²) >= 11 is 0. The molecule has 1 saturated carbocycles. The van der Waals surface area contributed by atoms with Crippen LogP contribution >= 0.6 is 0 Å². The zero-order valence-corrected chi connectivity index (χ0v) is 18.3. The van der Waals surface area contributed by atoms with E-state index in [1.807, 2.05) is 4.57 Å². The third kappa shape index (κ3) is 4.73. The summed E-state index contributed by atoms with van der Waals surface area (Å²) in [5, 5.41) is 0.454. The lowest BCUT2D eigenvalue weighted by molar-refractivity contribution is 0.0921. The summed E-state index contributed by atoms with van der Waals surface area (Å²) in [6.07, 6.45) is 9.83. The molecular formula is C20H28FN7O2S. The molecule has 2 aromatic rings. The molecule has 0 amide bonds. The van der Waals surface area contributed by atoms with Gasteiger partial charge in [-0.05, 0) is 56.1 Å². The standard InChI is InChI=1S/C20H28FN7O2S/c1-31(29,30)26-9-14(8-22)7-17(21)16-11-28(20-18(16)19(23)24-12-25-20)15-5-13(6-15)10-27-3-2-4-27/h7-8,11-13,15,26H,2-6,9-10,22H2,1H3,(H2,23,24,25)/b14-8+,17-7-. The summed E-state index contributed by atoms with van der Waals surface area (Å²) in [7, 11) is -3.43. The molecule has 3 heterocycles. The Morgan fingerprint density at radius 2 is 2.10 bits per heavy atom. The van der Waals surface area contributed by atoms with Crippen LogP contribution in [0.2, 0.25) is 0 Å². The van der Waals surface area contributed by atoms with Crippen molar-refractivity contribution in [2.45, 2.75) is 25.3 Å². The van der Waals surface area contributed by atoms with E-state index < -0.39 is 15.9 Å². The van der Waals surface area contributed by atoms with Crippen LogP contribution in [0.3, 0.4) is 0 Å². The average Bonchev–Trinajstić information content (AvgIpc) is 3.02. The highest BCUT2D eigenvalue weighted by Gasteiger charge is 2.34. The number of nitrogens with zero attached hydrogens (tertiary/aromatic N) is 4. The van der Waals surface area contributed by atoms with Gasteiger partial charge >= 0.3 is 0 Å². The maximum Gasteiger partial charge on any atom is 0.209 e. The van der Waals surface area contributed by atoms with Crippen molar-refractivity contribution in [2.75, 3.05) is 38.2 Å². The summed E-state index contributed by atoms with van der Waals surface area (Å²) in [5.41, 5.74) is 12.8. The van der Waals surface area contributed by atoms with Gasteiger partial charge in [0.2, 0.25) is 10.0 Å². The number of fused-ring (bicyclic) bond motifs is 1. The summed E-state index contributed by atoms with van der Waals surface area (Å²) < 4.78 is 42.2. The van der Waals surface area contributed by atoms with Gasteiger partial charge in [-0.3, -0.25) is 0 Å². The number of sulfonamides is 1. The van der Waals surface area contributed by atoms with E-state index in [1.54, 1.807) is 6.20 Å². The second kappa shape index (κ2) is 8.56. The molecule has 0 aromatic carbocycles. The number of hydrogen-bond acceptors (Lipinski definition) is 7. The Morgan fingerprint density at radius 3 is 2.71 bits per heavy atom. The molecule has 0 unspecified atom stereocenters. The first kappa shape index (κ1) is 21.7. The minimum Gasteiger partial charge on any atom is -0.404 e. The number of anilines is 1. The van der Waals surface area contributed by atoms with E-state index in [2.05, 4.69) is 19.6 Å². The molecule has 0 bridgehead atoms. The van der Waals surface area contributed by atoms with Crippen molar-refractivity contribution in [1.82, 2.24) is 24.2 Å². The van der Waals surface area contributed by atoms with Gasteiger partial charge < -0.3 is 20.9 Å². The Labute approximate surface area is 181 Å². The number of nitrogens with two attached hydrogens (primary N) is 2. The molecule has 9 nitrogen and oxygen atoms in total. The number of likely N-dealkylation sites (tertiary alicyclic amines) is 1. The number of nitrogens with one attached hydrogen (secondary N) is 1. The first-order chi connectivity index (χ1) is 14.7. The highest BCUT2D eigenvalue weighted by atomic mass is 32.2. The maximum absolute atomic E-state index is 15.3. The Bertz CT molecular complexity index is 1130. The summed E-state index contributed by atoms with van der Waals surface area (Å²) in [6, 6.07) is 0.237. The van der Waals surface area contributed by atoms with Crippen molar-refractivity contribution in [3.63, 3.8) is 0 Å². The SMILES string of the molecule is CS(=O)(=O)NCC(/C=C(\F)c1cn(C2CC(CN3CCC3)C2)c2ncnc(N)c12)=C/N. The molecule has 5 N–H and O–H groups in total. The number of hydrogen-bond donors (Lipinski definition) is 3. The van der Waals surface area contributed by atoms with E-state index in [1.165, 1.54) is 38.1 Å². The third-order valence-corrected chi connectivity index (χ3v) is 6.70. The monoisotopic (exact) mass is 449 g/mol. The molecule has 0 spiro atoms. The van der Waals surface area contributed by atoms with Crippen LogP contribution in [0.1, 0.15) is 30.9 Å². The maximum atomic E-state index is 15.3. The second-order valence-electron chi connectivity index (χ2n) is 8.38. The van der Waals surface area contributed by atoms with Crippen LogP contribution in [0.25, 0.3) is 16.9 Å². The van der Waals surface area contributed by atoms with Gasteiger partial charge in [-0.2, -0.15) is 0 Å². The van der Waals surface area contributed by atoms with Crippen molar-refractivity contribution in [1.29, 1.82) is 0 Å². The first-order valence-electron chi connectivity index (χ1n) is 10.3. The Hall–Kier alpha value is -2.50. The van der Waals surface area contributed by atoms with Crippen LogP contribution in [-0.2, 0) is 10.0 Å². The highest BCUT2D eigenvalue weighted by Crippen LogP contribution is 2.42. The molecule has 31 heavy (non-hydrogen) atoms. The minimum absolute atomic E-state index is 0.117. The molecule has 4 rings (SSSR count). The van der Waals surface area contributed by atoms with Crippen molar-refractivity contribution < 1.29 is 12.8 Å². The van der Waals surface area contributed by atoms with Gasteiger partial charge in [-0.15, -0.1) is 0 Å². The molecule has 168 valence electrons. The smallest absolute Gasteiger partial charge is 0.209 e. The Kier molecular flexibility index (Phi) is 6.00. The van der Waals surface area contributed by atoms with Crippen LogP contribution in [0.4, 0.5) is 10.2 Å². The first-order valence-corrected chi connectivity index (χ1v) is 12.2. The molecule has 2 aromatic heterocycles. The van der Waals surface area contributed by atoms with Crippen molar-refractivity contribution >= 4 is 32.7 Å². The van der Waals surface area contributed by atoms with E-state index >= 15 is 4.39 Å². The van der Waals surface area contributed by atoms with Crippen LogP contribution < -0.4 is 16.2 Å². The zero-order valence-electron chi connectivity index (χ0n) is 17.5. The predicted molar refractivity (Wildman–Crippen MR) is 119 cm³/mol. The molecule has 1 aliphatic heterocycles. The number of aromatic nitrogens is 3. The van der Waals surface area contributed by atoms with Crippen molar-refractivity contribution in [3.8, 4) is 0 Å². The van der Waals surface area contributed by atoms with E-state index in [0.29, 0.717) is 17.0 Å². The molecule has 11 heteroatoms. The van der Waals surface area contributed by atoms with Gasteiger partial charge in [0.1, 0.15) is 23.6 Å². The van der Waals surface area contributed by atoms with Crippen LogP contribution in [0.15, 0.2) is 30.4 Å². The molecule has 2 fully saturated rings.